The van der Waals surface area contributed by atoms with Crippen LogP contribution in [-0.4, -0.2) is 60.3 Å². The number of ether oxygens (including phenoxy) is 1. The molecule has 0 bridgehead atoms. The molecule has 0 unspecified atom stereocenters. The third-order valence-corrected chi connectivity index (χ3v) is 7.74. The van der Waals surface area contributed by atoms with Crippen LogP contribution in [-0.2, 0) is 27.2 Å². The first-order valence-electron chi connectivity index (χ1n) is 10.4. The van der Waals surface area contributed by atoms with Crippen LogP contribution >= 0.6 is 0 Å². The summed E-state index contributed by atoms with van der Waals surface area (Å²) in [6.07, 6.45) is -9.09. The van der Waals surface area contributed by atoms with Gasteiger partial charge in [-0.1, -0.05) is 0 Å². The quantitative estimate of drug-likeness (QED) is 0.573. The van der Waals surface area contributed by atoms with Crippen LogP contribution in [0.2, 0.25) is 0 Å². The number of alkyl halides is 6. The Labute approximate surface area is 196 Å². The third kappa shape index (κ3) is 5.37. The van der Waals surface area contributed by atoms with E-state index in [1.54, 1.807) is 0 Å². The van der Waals surface area contributed by atoms with E-state index >= 15 is 0 Å². The maximum atomic E-state index is 13.1. The Morgan fingerprint density at radius 2 is 1.54 bits per heavy atom. The zero-order chi connectivity index (χ0) is 25.6. The Hall–Kier alpha value is -2.87. The predicted molar refractivity (Wildman–Crippen MR) is 109 cm³/mol. The van der Waals surface area contributed by atoms with Gasteiger partial charge in [0.25, 0.3) is 0 Å². The second-order valence-corrected chi connectivity index (χ2v) is 10.1. The smallest absolute Gasteiger partial charge is 0.417 e. The molecule has 2 aliphatic rings. The summed E-state index contributed by atoms with van der Waals surface area (Å²) in [4.78, 5) is 17.4. The van der Waals surface area contributed by atoms with E-state index in [0.29, 0.717) is 18.3 Å². The molecule has 0 N–H and O–H groups in total. The van der Waals surface area contributed by atoms with Gasteiger partial charge in [-0.3, -0.25) is 4.79 Å². The number of fused-ring (bicyclic) bond motifs is 1. The van der Waals surface area contributed by atoms with Crippen molar-refractivity contribution < 1.29 is 44.3 Å². The molecule has 14 heteroatoms. The first-order chi connectivity index (χ1) is 16.2. The minimum Gasteiger partial charge on any atom is -0.472 e. The van der Waals surface area contributed by atoms with Crippen molar-refractivity contribution in [1.82, 2.24) is 14.2 Å². The SMILES string of the molecule is O=C1CCN(S(=O)(=O)c2ccc(C(F)(F)F)cc2)C[C@H]2C[C@@H](Oc3ccc(C(F)(F)F)cn3)CN12. The Bertz CT molecular complexity index is 1180. The molecule has 1 aromatic heterocycles. The van der Waals surface area contributed by atoms with Crippen molar-refractivity contribution in [3.8, 4) is 5.88 Å². The maximum Gasteiger partial charge on any atom is 0.417 e. The highest BCUT2D eigenvalue weighted by Crippen LogP contribution is 2.33. The number of sulfonamides is 1. The van der Waals surface area contributed by atoms with E-state index < -0.39 is 45.6 Å². The van der Waals surface area contributed by atoms with Crippen LogP contribution in [0.1, 0.15) is 24.0 Å². The summed E-state index contributed by atoms with van der Waals surface area (Å²) in [5, 5.41) is 0. The lowest BCUT2D eigenvalue weighted by Gasteiger charge is -2.25. The molecule has 0 aliphatic carbocycles. The van der Waals surface area contributed by atoms with Crippen LogP contribution in [0.4, 0.5) is 26.3 Å². The van der Waals surface area contributed by atoms with Crippen molar-refractivity contribution in [2.75, 3.05) is 19.6 Å². The van der Waals surface area contributed by atoms with Gasteiger partial charge in [0.1, 0.15) is 6.10 Å². The van der Waals surface area contributed by atoms with Gasteiger partial charge < -0.3 is 9.64 Å². The molecule has 4 rings (SSSR count). The first-order valence-corrected chi connectivity index (χ1v) is 11.9. The molecule has 35 heavy (non-hydrogen) atoms. The Kier molecular flexibility index (Phi) is 6.47. The lowest BCUT2D eigenvalue weighted by Crippen LogP contribution is -2.40. The molecule has 0 saturated carbocycles. The zero-order valence-electron chi connectivity index (χ0n) is 17.9. The fraction of sp³-hybridized carbons (Fsp3) is 0.429. The molecule has 2 aliphatic heterocycles. The molecule has 3 heterocycles. The standard InChI is InChI=1S/C21H19F6N3O4S/c22-20(23,24)13-1-4-17(5-2-13)35(32,33)29-8-7-19(31)30-12-16(9-15(30)11-29)34-18-6-3-14(10-28-18)21(25,26)27/h1-6,10,15-16H,7-9,11-12H2/t15-,16-/m1/s1. The normalized spacial score (nSPS) is 22.1. The molecular formula is C21H19F6N3O4S. The highest BCUT2D eigenvalue weighted by atomic mass is 32.2. The molecule has 0 radical (unpaired) electrons. The molecule has 7 nitrogen and oxygen atoms in total. The van der Waals surface area contributed by atoms with Gasteiger partial charge in [-0.2, -0.15) is 30.6 Å². The zero-order valence-corrected chi connectivity index (χ0v) is 18.7. The second-order valence-electron chi connectivity index (χ2n) is 8.19. The molecular weight excluding hydrogens is 504 g/mol. The number of pyridine rings is 1. The van der Waals surface area contributed by atoms with Crippen LogP contribution in [0.15, 0.2) is 47.5 Å². The molecule has 2 aromatic rings. The average molecular weight is 523 g/mol. The topological polar surface area (TPSA) is 79.8 Å². The highest BCUT2D eigenvalue weighted by molar-refractivity contribution is 7.89. The molecule has 190 valence electrons. The van der Waals surface area contributed by atoms with Crippen molar-refractivity contribution in [2.24, 2.45) is 0 Å². The third-order valence-electron chi connectivity index (χ3n) is 5.86. The second kappa shape index (κ2) is 8.97. The molecule has 0 spiro atoms. The summed E-state index contributed by atoms with van der Waals surface area (Å²) in [6, 6.07) is 4.42. The van der Waals surface area contributed by atoms with Crippen LogP contribution in [0.3, 0.4) is 0 Å². The summed E-state index contributed by atoms with van der Waals surface area (Å²) >= 11 is 0. The number of hydrogen-bond acceptors (Lipinski definition) is 5. The number of carbonyl (C=O) groups is 1. The number of halogens is 6. The van der Waals surface area contributed by atoms with Crippen LogP contribution in [0.5, 0.6) is 5.88 Å². The number of rotatable bonds is 4. The monoisotopic (exact) mass is 523 g/mol. The number of amides is 1. The van der Waals surface area contributed by atoms with Gasteiger partial charge in [-0.05, 0) is 30.3 Å². The van der Waals surface area contributed by atoms with E-state index in [-0.39, 0.29) is 49.2 Å². The number of hydrogen-bond donors (Lipinski definition) is 0. The number of nitrogens with zero attached hydrogens (tertiary/aromatic N) is 3. The lowest BCUT2D eigenvalue weighted by molar-refractivity contribution is -0.138. The summed E-state index contributed by atoms with van der Waals surface area (Å²) in [7, 11) is -4.18. The Morgan fingerprint density at radius 1 is 0.914 bits per heavy atom. The van der Waals surface area contributed by atoms with E-state index in [1.165, 1.54) is 4.90 Å². The van der Waals surface area contributed by atoms with E-state index in [1.807, 2.05) is 0 Å². The maximum absolute atomic E-state index is 13.1. The van der Waals surface area contributed by atoms with Gasteiger partial charge >= 0.3 is 12.4 Å². The molecule has 2 saturated heterocycles. The highest BCUT2D eigenvalue weighted by Gasteiger charge is 2.42. The fourth-order valence-corrected chi connectivity index (χ4v) is 5.58. The molecule has 1 amide bonds. The van der Waals surface area contributed by atoms with Crippen molar-refractivity contribution in [3.63, 3.8) is 0 Å². The van der Waals surface area contributed by atoms with Gasteiger partial charge in [-0.15, -0.1) is 0 Å². The summed E-state index contributed by atoms with van der Waals surface area (Å²) in [5.41, 5.74) is -1.93. The van der Waals surface area contributed by atoms with Gasteiger partial charge in [-0.25, -0.2) is 13.4 Å². The minimum atomic E-state index is -4.61. The Morgan fingerprint density at radius 3 is 2.11 bits per heavy atom. The lowest BCUT2D eigenvalue weighted by atomic mass is 10.2. The molecule has 2 fully saturated rings. The summed E-state index contributed by atoms with van der Waals surface area (Å²) in [6.45, 7) is -0.142. The largest absolute Gasteiger partial charge is 0.472 e. The van der Waals surface area contributed by atoms with Gasteiger partial charge in [0, 0.05) is 44.2 Å². The molecule has 1 aromatic carbocycles. The van der Waals surface area contributed by atoms with E-state index in [2.05, 4.69) is 4.98 Å². The average Bonchev–Trinajstić information content (AvgIpc) is 3.10. The predicted octanol–water partition coefficient (Wildman–Crippen LogP) is 3.56. The summed E-state index contributed by atoms with van der Waals surface area (Å²) in [5.74, 6) is -0.395. The Balaban J connectivity index is 1.47. The van der Waals surface area contributed by atoms with Crippen LogP contribution in [0, 0.1) is 0 Å². The number of carbonyl (C=O) groups excluding carboxylic acids is 1. The molecule has 2 atom stereocenters. The van der Waals surface area contributed by atoms with Crippen LogP contribution < -0.4 is 4.74 Å². The van der Waals surface area contributed by atoms with E-state index in [9.17, 15) is 39.6 Å². The van der Waals surface area contributed by atoms with E-state index in [4.69, 9.17) is 4.74 Å². The first kappa shape index (κ1) is 25.2. The summed E-state index contributed by atoms with van der Waals surface area (Å²) < 4.78 is 109. The van der Waals surface area contributed by atoms with Gasteiger partial charge in [0.05, 0.1) is 22.6 Å². The van der Waals surface area contributed by atoms with Gasteiger partial charge in [0.15, 0.2) is 0 Å². The van der Waals surface area contributed by atoms with Gasteiger partial charge in [0.2, 0.25) is 21.8 Å². The minimum absolute atomic E-state index is 0.0673. The van der Waals surface area contributed by atoms with Crippen molar-refractivity contribution in [1.29, 1.82) is 0 Å². The van der Waals surface area contributed by atoms with Crippen molar-refractivity contribution >= 4 is 15.9 Å². The fourth-order valence-electron chi connectivity index (χ4n) is 4.10. The van der Waals surface area contributed by atoms with E-state index in [0.717, 1.165) is 28.6 Å². The number of aromatic nitrogens is 1. The van der Waals surface area contributed by atoms with Crippen molar-refractivity contribution in [2.45, 2.75) is 42.2 Å². The van der Waals surface area contributed by atoms with Crippen LogP contribution in [0.25, 0.3) is 0 Å². The number of benzene rings is 1. The van der Waals surface area contributed by atoms with Crippen molar-refractivity contribution in [3.05, 3.63) is 53.7 Å².